The van der Waals surface area contributed by atoms with Crippen LogP contribution in [0.2, 0.25) is 0 Å². The third kappa shape index (κ3) is 4.29. The van der Waals surface area contributed by atoms with Crippen LogP contribution in [0, 0.1) is 23.7 Å². The van der Waals surface area contributed by atoms with Crippen molar-refractivity contribution in [2.24, 2.45) is 0 Å². The summed E-state index contributed by atoms with van der Waals surface area (Å²) in [5.41, 5.74) is 1.53. The number of terminal acetylenes is 1. The molecule has 0 aliphatic carbocycles. The van der Waals surface area contributed by atoms with E-state index in [2.05, 4.69) is 17.3 Å². The molecule has 4 heteroatoms. The molecule has 0 unspecified atom stereocenters. The summed E-state index contributed by atoms with van der Waals surface area (Å²) < 4.78 is 0. The van der Waals surface area contributed by atoms with Gasteiger partial charge in [-0.25, -0.2) is 0 Å². The molecule has 1 rings (SSSR count). The molecule has 0 atom stereocenters. The molecule has 0 saturated heterocycles. The smallest absolute Gasteiger partial charge is 0.236 e. The van der Waals surface area contributed by atoms with Crippen LogP contribution in [-0.2, 0) is 11.3 Å². The number of nitrogens with zero attached hydrogens (tertiary/aromatic N) is 2. The molecular formula is C14H15N3O. The normalized spacial score (nSPS) is 9.28. The molecule has 0 heterocycles. The van der Waals surface area contributed by atoms with E-state index in [-0.39, 0.29) is 12.5 Å². The van der Waals surface area contributed by atoms with Gasteiger partial charge in [0, 0.05) is 13.6 Å². The minimum Gasteiger partial charge on any atom is -0.340 e. The summed E-state index contributed by atoms with van der Waals surface area (Å²) >= 11 is 0. The summed E-state index contributed by atoms with van der Waals surface area (Å²) in [5.74, 6) is 2.37. The Bertz CT molecular complexity index is 496. The van der Waals surface area contributed by atoms with Gasteiger partial charge in [-0.05, 0) is 17.7 Å². The lowest BCUT2D eigenvalue weighted by Gasteiger charge is -2.17. The molecule has 0 bridgehead atoms. The van der Waals surface area contributed by atoms with E-state index >= 15 is 0 Å². The van der Waals surface area contributed by atoms with Crippen molar-refractivity contribution in [3.8, 4) is 18.4 Å². The van der Waals surface area contributed by atoms with E-state index in [1.165, 1.54) is 0 Å². The fourth-order valence-corrected chi connectivity index (χ4v) is 1.48. The monoisotopic (exact) mass is 241 g/mol. The van der Waals surface area contributed by atoms with Crippen LogP contribution in [0.3, 0.4) is 0 Å². The summed E-state index contributed by atoms with van der Waals surface area (Å²) in [6, 6.07) is 9.28. The van der Waals surface area contributed by atoms with Crippen molar-refractivity contribution >= 4 is 5.91 Å². The molecule has 1 N–H and O–H groups in total. The second-order valence-corrected chi connectivity index (χ2v) is 3.87. The van der Waals surface area contributed by atoms with Gasteiger partial charge in [-0.3, -0.25) is 10.1 Å². The zero-order chi connectivity index (χ0) is 13.4. The minimum absolute atomic E-state index is 0.0346. The lowest BCUT2D eigenvalue weighted by Crippen LogP contribution is -2.35. The number of benzene rings is 1. The molecule has 92 valence electrons. The van der Waals surface area contributed by atoms with Gasteiger partial charge in [-0.2, -0.15) is 5.26 Å². The van der Waals surface area contributed by atoms with E-state index in [1.807, 2.05) is 12.1 Å². The Morgan fingerprint density at radius 3 is 3.00 bits per heavy atom. The van der Waals surface area contributed by atoms with Gasteiger partial charge in [0.15, 0.2) is 0 Å². The van der Waals surface area contributed by atoms with Gasteiger partial charge in [-0.15, -0.1) is 6.42 Å². The molecule has 1 amide bonds. The maximum atomic E-state index is 11.7. The van der Waals surface area contributed by atoms with Gasteiger partial charge >= 0.3 is 0 Å². The van der Waals surface area contributed by atoms with Crippen molar-refractivity contribution in [1.82, 2.24) is 10.2 Å². The number of carbonyl (C=O) groups excluding carboxylic acids is 1. The minimum atomic E-state index is -0.0346. The number of nitriles is 1. The van der Waals surface area contributed by atoms with E-state index in [9.17, 15) is 4.79 Å². The van der Waals surface area contributed by atoms with E-state index in [0.29, 0.717) is 18.7 Å². The van der Waals surface area contributed by atoms with Crippen LogP contribution in [0.4, 0.5) is 0 Å². The molecule has 18 heavy (non-hydrogen) atoms. The number of carbonyl (C=O) groups is 1. The number of nitrogens with one attached hydrogen (secondary N) is 1. The molecule has 4 nitrogen and oxygen atoms in total. The molecule has 0 aliphatic heterocycles. The highest BCUT2D eigenvalue weighted by atomic mass is 16.2. The first kappa shape index (κ1) is 13.8. The molecule has 0 radical (unpaired) electrons. The molecular weight excluding hydrogens is 226 g/mol. The van der Waals surface area contributed by atoms with Crippen molar-refractivity contribution in [3.05, 3.63) is 35.4 Å². The quantitative estimate of drug-likeness (QED) is 0.611. The highest BCUT2D eigenvalue weighted by molar-refractivity contribution is 5.78. The zero-order valence-electron chi connectivity index (χ0n) is 10.3. The van der Waals surface area contributed by atoms with Gasteiger partial charge < -0.3 is 4.90 Å². The summed E-state index contributed by atoms with van der Waals surface area (Å²) in [6.07, 6.45) is 5.08. The Hall–Kier alpha value is -2.30. The van der Waals surface area contributed by atoms with E-state index in [1.54, 1.807) is 24.1 Å². The standard InChI is InChI=1S/C14H15N3O/c1-3-7-16-10-14(18)17(2)11-13-6-4-5-12(8-13)9-15/h1,4-6,8,16H,7,10-11H2,2H3. The van der Waals surface area contributed by atoms with Crippen LogP contribution >= 0.6 is 0 Å². The molecule has 0 saturated carbocycles. The maximum Gasteiger partial charge on any atom is 0.236 e. The Morgan fingerprint density at radius 1 is 1.56 bits per heavy atom. The first-order valence-electron chi connectivity index (χ1n) is 5.54. The van der Waals surface area contributed by atoms with Gasteiger partial charge in [-0.1, -0.05) is 18.1 Å². The summed E-state index contributed by atoms with van der Waals surface area (Å²) in [5, 5.41) is 11.6. The summed E-state index contributed by atoms with van der Waals surface area (Å²) in [6.45, 7) is 1.08. The van der Waals surface area contributed by atoms with E-state index in [4.69, 9.17) is 11.7 Å². The van der Waals surface area contributed by atoms with Gasteiger partial charge in [0.1, 0.15) is 0 Å². The van der Waals surface area contributed by atoms with Gasteiger partial charge in [0.2, 0.25) is 5.91 Å². The van der Waals surface area contributed by atoms with E-state index in [0.717, 1.165) is 5.56 Å². The highest BCUT2D eigenvalue weighted by Crippen LogP contribution is 2.06. The van der Waals surface area contributed by atoms with Crippen LogP contribution in [0.25, 0.3) is 0 Å². The third-order valence-electron chi connectivity index (χ3n) is 2.40. The van der Waals surface area contributed by atoms with Crippen LogP contribution < -0.4 is 5.32 Å². The average Bonchev–Trinajstić information content (AvgIpc) is 2.39. The fourth-order valence-electron chi connectivity index (χ4n) is 1.48. The van der Waals surface area contributed by atoms with Crippen molar-refractivity contribution in [1.29, 1.82) is 5.26 Å². The largest absolute Gasteiger partial charge is 0.340 e. The molecule has 0 spiro atoms. The Labute approximate surface area is 107 Å². The second-order valence-electron chi connectivity index (χ2n) is 3.87. The third-order valence-corrected chi connectivity index (χ3v) is 2.40. The molecule has 0 aromatic heterocycles. The molecule has 0 aliphatic rings. The lowest BCUT2D eigenvalue weighted by atomic mass is 10.1. The lowest BCUT2D eigenvalue weighted by molar-refractivity contribution is -0.129. The molecule has 0 fully saturated rings. The summed E-state index contributed by atoms with van der Waals surface area (Å²) in [4.78, 5) is 13.3. The Kier molecular flexibility index (Phi) is 5.44. The van der Waals surface area contributed by atoms with Gasteiger partial charge in [0.25, 0.3) is 0 Å². The van der Waals surface area contributed by atoms with Gasteiger partial charge in [0.05, 0.1) is 24.7 Å². The maximum absolute atomic E-state index is 11.7. The first-order valence-corrected chi connectivity index (χ1v) is 5.54. The Balaban J connectivity index is 2.53. The Morgan fingerprint density at radius 2 is 2.33 bits per heavy atom. The topological polar surface area (TPSA) is 56.1 Å². The number of hydrogen-bond acceptors (Lipinski definition) is 3. The molecule has 1 aromatic rings. The van der Waals surface area contributed by atoms with E-state index < -0.39 is 0 Å². The zero-order valence-corrected chi connectivity index (χ0v) is 10.3. The van der Waals surface area contributed by atoms with Crippen LogP contribution in [0.5, 0.6) is 0 Å². The van der Waals surface area contributed by atoms with Crippen LogP contribution in [-0.4, -0.2) is 30.9 Å². The highest BCUT2D eigenvalue weighted by Gasteiger charge is 2.08. The fraction of sp³-hybridized carbons (Fsp3) is 0.286. The second kappa shape index (κ2) is 7.11. The van der Waals surface area contributed by atoms with Crippen LogP contribution in [0.1, 0.15) is 11.1 Å². The summed E-state index contributed by atoms with van der Waals surface area (Å²) in [7, 11) is 1.72. The van der Waals surface area contributed by atoms with Crippen LogP contribution in [0.15, 0.2) is 24.3 Å². The predicted molar refractivity (Wildman–Crippen MR) is 69.3 cm³/mol. The van der Waals surface area contributed by atoms with Crippen molar-refractivity contribution < 1.29 is 4.79 Å². The molecule has 1 aromatic carbocycles. The number of rotatable bonds is 5. The van der Waals surface area contributed by atoms with Crippen molar-refractivity contribution in [2.45, 2.75) is 6.54 Å². The average molecular weight is 241 g/mol. The SMILES string of the molecule is C#CCNCC(=O)N(C)Cc1cccc(C#N)c1. The number of amides is 1. The van der Waals surface area contributed by atoms with Crippen molar-refractivity contribution in [2.75, 3.05) is 20.1 Å². The predicted octanol–water partition coefficient (Wildman–Crippen LogP) is 0.739. The number of hydrogen-bond donors (Lipinski definition) is 1. The van der Waals surface area contributed by atoms with Crippen molar-refractivity contribution in [3.63, 3.8) is 0 Å². The number of likely N-dealkylation sites (N-methyl/N-ethyl adjacent to an activating group) is 1. The first-order chi connectivity index (χ1) is 8.67.